The molecule has 1 heterocycles. The predicted octanol–water partition coefficient (Wildman–Crippen LogP) is 3.33. The second-order valence-electron chi connectivity index (χ2n) is 4.70. The molecule has 0 aliphatic heterocycles. The molecule has 0 bridgehead atoms. The lowest BCUT2D eigenvalue weighted by atomic mass is 10.2. The molecule has 118 valence electrons. The molecule has 0 atom stereocenters. The molecule has 0 unspecified atom stereocenters. The molecule has 0 radical (unpaired) electrons. The first-order chi connectivity index (χ1) is 10.9. The molecule has 2 aromatic carbocycles. The van der Waals surface area contributed by atoms with E-state index in [4.69, 9.17) is 5.73 Å². The average Bonchev–Trinajstić information content (AvgIpc) is 2.95. The van der Waals surface area contributed by atoms with Gasteiger partial charge in [-0.3, -0.25) is 4.72 Å². The fraction of sp³-hybridized carbons (Fsp3) is 0. The van der Waals surface area contributed by atoms with Gasteiger partial charge in [-0.15, -0.1) is 0 Å². The molecular formula is C15H12FN3O2S2. The number of rotatable bonds is 4. The minimum absolute atomic E-state index is 0.00166. The molecular weight excluding hydrogens is 337 g/mol. The number of hydrogen-bond acceptors (Lipinski definition) is 5. The summed E-state index contributed by atoms with van der Waals surface area (Å²) in [5, 5.41) is 0.473. The summed E-state index contributed by atoms with van der Waals surface area (Å²) < 4.78 is 39.8. The van der Waals surface area contributed by atoms with Gasteiger partial charge in [-0.05, 0) is 42.0 Å². The van der Waals surface area contributed by atoms with Gasteiger partial charge in [0.15, 0.2) is 5.13 Å². The Balaban J connectivity index is 1.81. The Kier molecular flexibility index (Phi) is 4.01. The van der Waals surface area contributed by atoms with Crippen LogP contribution < -0.4 is 10.5 Å². The second kappa shape index (κ2) is 5.98. The van der Waals surface area contributed by atoms with Crippen molar-refractivity contribution in [3.05, 3.63) is 60.5 Å². The van der Waals surface area contributed by atoms with Crippen LogP contribution in [0.1, 0.15) is 0 Å². The minimum Gasteiger partial charge on any atom is -0.375 e. The summed E-state index contributed by atoms with van der Waals surface area (Å²) in [6.07, 6.45) is 1.66. The van der Waals surface area contributed by atoms with Crippen molar-refractivity contribution in [3.63, 3.8) is 0 Å². The fourth-order valence-electron chi connectivity index (χ4n) is 1.95. The zero-order chi connectivity index (χ0) is 16.4. The summed E-state index contributed by atoms with van der Waals surface area (Å²) in [4.78, 5) is 4.87. The molecule has 0 fully saturated rings. The van der Waals surface area contributed by atoms with Crippen molar-refractivity contribution in [3.8, 4) is 10.4 Å². The first kappa shape index (κ1) is 15.4. The third-order valence-electron chi connectivity index (χ3n) is 3.07. The van der Waals surface area contributed by atoms with Crippen molar-refractivity contribution in [2.24, 2.45) is 0 Å². The van der Waals surface area contributed by atoms with Gasteiger partial charge in [0, 0.05) is 11.9 Å². The third kappa shape index (κ3) is 3.49. The minimum atomic E-state index is -3.75. The van der Waals surface area contributed by atoms with Crippen molar-refractivity contribution >= 4 is 32.2 Å². The van der Waals surface area contributed by atoms with Gasteiger partial charge < -0.3 is 5.73 Å². The van der Waals surface area contributed by atoms with Crippen LogP contribution in [0.4, 0.5) is 15.2 Å². The maximum atomic E-state index is 12.9. The molecule has 23 heavy (non-hydrogen) atoms. The number of nitrogen functional groups attached to an aromatic ring is 1. The van der Waals surface area contributed by atoms with Gasteiger partial charge >= 0.3 is 0 Å². The number of halogens is 1. The van der Waals surface area contributed by atoms with Crippen LogP contribution >= 0.6 is 11.3 Å². The van der Waals surface area contributed by atoms with Gasteiger partial charge in [0.05, 0.1) is 9.77 Å². The lowest BCUT2D eigenvalue weighted by molar-refractivity contribution is 0.599. The Bertz CT molecular complexity index is 920. The summed E-state index contributed by atoms with van der Waals surface area (Å²) in [6, 6.07) is 11.5. The summed E-state index contributed by atoms with van der Waals surface area (Å²) >= 11 is 1.35. The molecule has 0 amide bonds. The van der Waals surface area contributed by atoms with Crippen LogP contribution in [-0.4, -0.2) is 13.4 Å². The molecule has 0 saturated heterocycles. The lowest BCUT2D eigenvalue weighted by Gasteiger charge is -2.08. The Hall–Kier alpha value is -2.45. The topological polar surface area (TPSA) is 85.1 Å². The maximum Gasteiger partial charge on any atom is 0.261 e. The van der Waals surface area contributed by atoms with Crippen molar-refractivity contribution < 1.29 is 12.8 Å². The smallest absolute Gasteiger partial charge is 0.261 e. The van der Waals surface area contributed by atoms with Crippen molar-refractivity contribution in [2.45, 2.75) is 4.90 Å². The van der Waals surface area contributed by atoms with Gasteiger partial charge in [-0.1, -0.05) is 23.5 Å². The quantitative estimate of drug-likeness (QED) is 0.756. The van der Waals surface area contributed by atoms with Crippen molar-refractivity contribution in [1.29, 1.82) is 0 Å². The van der Waals surface area contributed by atoms with Gasteiger partial charge in [-0.25, -0.2) is 17.8 Å². The largest absolute Gasteiger partial charge is 0.375 e. The van der Waals surface area contributed by atoms with E-state index in [1.807, 2.05) is 0 Å². The van der Waals surface area contributed by atoms with E-state index in [2.05, 4.69) is 9.71 Å². The van der Waals surface area contributed by atoms with Crippen LogP contribution in [0.2, 0.25) is 0 Å². The third-order valence-corrected chi connectivity index (χ3v) is 5.34. The zero-order valence-electron chi connectivity index (χ0n) is 11.7. The highest BCUT2D eigenvalue weighted by Gasteiger charge is 2.14. The Morgan fingerprint density at radius 2 is 1.70 bits per heavy atom. The molecule has 0 spiro atoms. The van der Waals surface area contributed by atoms with Crippen LogP contribution in [0.25, 0.3) is 10.4 Å². The number of nitrogens with two attached hydrogens (primary N) is 1. The summed E-state index contributed by atoms with van der Waals surface area (Å²) in [5.41, 5.74) is 6.90. The number of aromatic nitrogens is 1. The van der Waals surface area contributed by atoms with Crippen LogP contribution in [0, 0.1) is 5.82 Å². The number of nitrogens with one attached hydrogen (secondary N) is 1. The van der Waals surface area contributed by atoms with E-state index >= 15 is 0 Å². The average molecular weight is 349 g/mol. The number of anilines is 2. The van der Waals surface area contributed by atoms with Crippen molar-refractivity contribution in [1.82, 2.24) is 4.98 Å². The van der Waals surface area contributed by atoms with E-state index in [0.29, 0.717) is 10.8 Å². The molecule has 0 aliphatic carbocycles. The molecule has 3 aromatic rings. The van der Waals surface area contributed by atoms with Crippen LogP contribution in [0.15, 0.2) is 59.6 Å². The molecule has 1 aromatic heterocycles. The van der Waals surface area contributed by atoms with Gasteiger partial charge in [0.1, 0.15) is 5.82 Å². The monoisotopic (exact) mass is 349 g/mol. The highest BCUT2D eigenvalue weighted by molar-refractivity contribution is 7.92. The standard InChI is InChI=1S/C15H12FN3O2S2/c16-11-3-7-13(8-4-11)23(20,21)19-12-5-1-10(2-6-12)14-9-18-15(17)22-14/h1-9,19H,(H2,17,18). The van der Waals surface area contributed by atoms with Crippen LogP contribution in [-0.2, 0) is 10.0 Å². The number of sulfonamides is 1. The highest BCUT2D eigenvalue weighted by Crippen LogP contribution is 2.28. The predicted molar refractivity (Wildman–Crippen MR) is 89.2 cm³/mol. The highest BCUT2D eigenvalue weighted by atomic mass is 32.2. The first-order valence-electron chi connectivity index (χ1n) is 6.54. The number of benzene rings is 2. The van der Waals surface area contributed by atoms with E-state index < -0.39 is 15.8 Å². The summed E-state index contributed by atoms with van der Waals surface area (Å²) in [5.74, 6) is -0.489. The molecule has 5 nitrogen and oxygen atoms in total. The van der Waals surface area contributed by atoms with Gasteiger partial charge in [-0.2, -0.15) is 0 Å². The summed E-state index contributed by atoms with van der Waals surface area (Å²) in [7, 11) is -3.75. The number of nitrogens with zero attached hydrogens (tertiary/aromatic N) is 1. The van der Waals surface area contributed by atoms with E-state index in [-0.39, 0.29) is 4.90 Å². The van der Waals surface area contributed by atoms with Crippen LogP contribution in [0.3, 0.4) is 0 Å². The van der Waals surface area contributed by atoms with Crippen molar-refractivity contribution in [2.75, 3.05) is 10.5 Å². The second-order valence-corrected chi connectivity index (χ2v) is 7.44. The van der Waals surface area contributed by atoms with E-state index in [1.54, 1.807) is 30.5 Å². The lowest BCUT2D eigenvalue weighted by Crippen LogP contribution is -2.12. The molecule has 0 saturated carbocycles. The molecule has 3 rings (SSSR count). The molecule has 0 aliphatic rings. The zero-order valence-corrected chi connectivity index (χ0v) is 13.4. The summed E-state index contributed by atoms with van der Waals surface area (Å²) in [6.45, 7) is 0. The fourth-order valence-corrected chi connectivity index (χ4v) is 3.70. The molecule has 3 N–H and O–H groups in total. The van der Waals surface area contributed by atoms with Gasteiger partial charge in [0.25, 0.3) is 10.0 Å². The van der Waals surface area contributed by atoms with E-state index in [9.17, 15) is 12.8 Å². The van der Waals surface area contributed by atoms with E-state index in [1.165, 1.54) is 23.5 Å². The molecule has 8 heteroatoms. The number of thiazole rings is 1. The number of hydrogen-bond donors (Lipinski definition) is 2. The van der Waals surface area contributed by atoms with Crippen LogP contribution in [0.5, 0.6) is 0 Å². The Morgan fingerprint density at radius 3 is 2.26 bits per heavy atom. The SMILES string of the molecule is Nc1ncc(-c2ccc(NS(=O)(=O)c3ccc(F)cc3)cc2)s1. The van der Waals surface area contributed by atoms with E-state index in [0.717, 1.165) is 22.6 Å². The normalized spacial score (nSPS) is 11.3. The maximum absolute atomic E-state index is 12.9. The Labute approximate surface area is 136 Å². The Morgan fingerprint density at radius 1 is 1.04 bits per heavy atom. The first-order valence-corrected chi connectivity index (χ1v) is 8.84. The van der Waals surface area contributed by atoms with Gasteiger partial charge in [0.2, 0.25) is 0 Å².